The Bertz CT molecular complexity index is 1080. The molecule has 0 aliphatic heterocycles. The van der Waals surface area contributed by atoms with Gasteiger partial charge in [0.1, 0.15) is 0 Å². The largest absolute Gasteiger partial charge is 0.465 e. The number of esters is 1. The van der Waals surface area contributed by atoms with Gasteiger partial charge in [-0.25, -0.2) is 9.78 Å². The SMILES string of the molecule is CCn1c(SCC(=O)Nc2ccc(C(=O)OC)cc2)nc2ccccc2c1=O. The lowest BCUT2D eigenvalue weighted by atomic mass is 10.2. The van der Waals surface area contributed by atoms with Gasteiger partial charge in [-0.15, -0.1) is 0 Å². The highest BCUT2D eigenvalue weighted by Crippen LogP contribution is 2.18. The summed E-state index contributed by atoms with van der Waals surface area (Å²) in [4.78, 5) is 40.8. The number of anilines is 1. The van der Waals surface area contributed by atoms with E-state index >= 15 is 0 Å². The van der Waals surface area contributed by atoms with Crippen molar-refractivity contribution < 1.29 is 14.3 Å². The summed E-state index contributed by atoms with van der Waals surface area (Å²) in [5.74, 6) is -0.571. The first-order chi connectivity index (χ1) is 13.5. The molecule has 0 unspecified atom stereocenters. The van der Waals surface area contributed by atoms with E-state index in [1.807, 2.05) is 13.0 Å². The third-order valence-corrected chi connectivity index (χ3v) is 5.04. The van der Waals surface area contributed by atoms with E-state index < -0.39 is 5.97 Å². The third kappa shape index (κ3) is 4.23. The van der Waals surface area contributed by atoms with Gasteiger partial charge in [-0.05, 0) is 43.3 Å². The molecular weight excluding hydrogens is 378 g/mol. The predicted octanol–water partition coefficient (Wildman–Crippen LogP) is 2.93. The summed E-state index contributed by atoms with van der Waals surface area (Å²) in [6.07, 6.45) is 0. The number of nitrogens with zero attached hydrogens (tertiary/aromatic N) is 2. The molecule has 3 aromatic rings. The van der Waals surface area contributed by atoms with E-state index in [1.54, 1.807) is 47.0 Å². The van der Waals surface area contributed by atoms with Gasteiger partial charge < -0.3 is 10.1 Å². The molecule has 2 aromatic carbocycles. The number of carbonyl (C=O) groups excluding carboxylic acids is 2. The van der Waals surface area contributed by atoms with Crippen molar-refractivity contribution in [1.29, 1.82) is 0 Å². The Morgan fingerprint density at radius 1 is 1.14 bits per heavy atom. The number of amides is 1. The van der Waals surface area contributed by atoms with E-state index in [0.29, 0.717) is 33.9 Å². The molecule has 8 heteroatoms. The lowest BCUT2D eigenvalue weighted by Gasteiger charge is -2.11. The number of ether oxygens (including phenoxy) is 1. The number of hydrogen-bond donors (Lipinski definition) is 1. The molecule has 1 amide bonds. The van der Waals surface area contributed by atoms with Crippen molar-refractivity contribution in [2.24, 2.45) is 0 Å². The lowest BCUT2D eigenvalue weighted by Crippen LogP contribution is -2.23. The quantitative estimate of drug-likeness (QED) is 0.391. The smallest absolute Gasteiger partial charge is 0.337 e. The van der Waals surface area contributed by atoms with Gasteiger partial charge in [0, 0.05) is 12.2 Å². The zero-order chi connectivity index (χ0) is 20.1. The first-order valence-corrected chi connectivity index (χ1v) is 9.62. The molecule has 28 heavy (non-hydrogen) atoms. The molecule has 0 spiro atoms. The summed E-state index contributed by atoms with van der Waals surface area (Å²) in [7, 11) is 1.31. The zero-order valence-corrected chi connectivity index (χ0v) is 16.3. The highest BCUT2D eigenvalue weighted by atomic mass is 32.2. The first-order valence-electron chi connectivity index (χ1n) is 8.64. The van der Waals surface area contributed by atoms with Crippen LogP contribution in [0.4, 0.5) is 5.69 Å². The topological polar surface area (TPSA) is 90.3 Å². The van der Waals surface area contributed by atoms with Gasteiger partial charge in [0.15, 0.2) is 5.16 Å². The number of para-hydroxylation sites is 1. The maximum atomic E-state index is 12.6. The highest BCUT2D eigenvalue weighted by molar-refractivity contribution is 7.99. The monoisotopic (exact) mass is 397 g/mol. The van der Waals surface area contributed by atoms with Crippen LogP contribution in [-0.4, -0.2) is 34.3 Å². The molecule has 7 nitrogen and oxygen atoms in total. The van der Waals surface area contributed by atoms with Crippen LogP contribution in [0.1, 0.15) is 17.3 Å². The lowest BCUT2D eigenvalue weighted by molar-refractivity contribution is -0.113. The minimum Gasteiger partial charge on any atom is -0.465 e. The summed E-state index contributed by atoms with van der Waals surface area (Å²) in [6, 6.07) is 13.6. The Morgan fingerprint density at radius 3 is 2.54 bits per heavy atom. The van der Waals surface area contributed by atoms with E-state index in [1.165, 1.54) is 18.9 Å². The molecule has 0 fully saturated rings. The zero-order valence-electron chi connectivity index (χ0n) is 15.5. The van der Waals surface area contributed by atoms with Crippen molar-refractivity contribution in [2.75, 3.05) is 18.2 Å². The van der Waals surface area contributed by atoms with Gasteiger partial charge >= 0.3 is 5.97 Å². The van der Waals surface area contributed by atoms with Crippen molar-refractivity contribution >= 4 is 40.2 Å². The minimum atomic E-state index is -0.437. The molecule has 1 N–H and O–H groups in total. The minimum absolute atomic E-state index is 0.101. The molecule has 0 aliphatic carbocycles. The highest BCUT2D eigenvalue weighted by Gasteiger charge is 2.12. The summed E-state index contributed by atoms with van der Waals surface area (Å²) in [5, 5.41) is 3.82. The number of thioether (sulfide) groups is 1. The molecule has 0 aliphatic rings. The summed E-state index contributed by atoms with van der Waals surface area (Å²) in [6.45, 7) is 2.33. The Morgan fingerprint density at radius 2 is 1.86 bits per heavy atom. The van der Waals surface area contributed by atoms with Gasteiger partial charge in [-0.2, -0.15) is 0 Å². The second kappa shape index (κ2) is 8.71. The molecule has 0 saturated carbocycles. The van der Waals surface area contributed by atoms with Crippen LogP contribution in [0.3, 0.4) is 0 Å². The second-order valence-electron chi connectivity index (χ2n) is 5.87. The van der Waals surface area contributed by atoms with Gasteiger partial charge in [-0.1, -0.05) is 23.9 Å². The molecule has 1 heterocycles. The second-order valence-corrected chi connectivity index (χ2v) is 6.81. The van der Waals surface area contributed by atoms with E-state index in [9.17, 15) is 14.4 Å². The van der Waals surface area contributed by atoms with E-state index in [2.05, 4.69) is 15.0 Å². The van der Waals surface area contributed by atoms with E-state index in [4.69, 9.17) is 0 Å². The van der Waals surface area contributed by atoms with Crippen molar-refractivity contribution in [3.63, 3.8) is 0 Å². The van der Waals surface area contributed by atoms with Crippen molar-refractivity contribution in [3.05, 3.63) is 64.4 Å². The third-order valence-electron chi connectivity index (χ3n) is 4.06. The number of fused-ring (bicyclic) bond motifs is 1. The van der Waals surface area contributed by atoms with Gasteiger partial charge in [0.25, 0.3) is 5.56 Å². The molecule has 0 radical (unpaired) electrons. The molecule has 3 rings (SSSR count). The van der Waals surface area contributed by atoms with Crippen molar-refractivity contribution in [2.45, 2.75) is 18.6 Å². The molecule has 144 valence electrons. The fourth-order valence-electron chi connectivity index (χ4n) is 2.67. The summed E-state index contributed by atoms with van der Waals surface area (Å²) >= 11 is 1.21. The average Bonchev–Trinajstić information content (AvgIpc) is 2.72. The maximum absolute atomic E-state index is 12.6. The number of methoxy groups -OCH3 is 1. The molecule has 0 bridgehead atoms. The number of aromatic nitrogens is 2. The Hall–Kier alpha value is -3.13. The van der Waals surface area contributed by atoms with Crippen molar-refractivity contribution in [3.8, 4) is 0 Å². The van der Waals surface area contributed by atoms with Crippen LogP contribution < -0.4 is 10.9 Å². The summed E-state index contributed by atoms with van der Waals surface area (Å²) < 4.78 is 6.20. The molecular formula is C20H19N3O4S. The Balaban J connectivity index is 1.71. The van der Waals surface area contributed by atoms with Crippen molar-refractivity contribution in [1.82, 2.24) is 9.55 Å². The number of rotatable bonds is 6. The van der Waals surface area contributed by atoms with Crippen LogP contribution in [0.25, 0.3) is 10.9 Å². The molecule has 1 aromatic heterocycles. The van der Waals surface area contributed by atoms with Crippen LogP contribution in [-0.2, 0) is 16.1 Å². The fraction of sp³-hybridized carbons (Fsp3) is 0.200. The first kappa shape index (κ1) is 19.6. The fourth-order valence-corrected chi connectivity index (χ4v) is 3.53. The Labute approximate surface area is 165 Å². The van der Waals surface area contributed by atoms with E-state index in [0.717, 1.165) is 0 Å². The van der Waals surface area contributed by atoms with Crippen LogP contribution in [0.5, 0.6) is 0 Å². The van der Waals surface area contributed by atoms with Crippen LogP contribution in [0.15, 0.2) is 58.5 Å². The number of carbonyl (C=O) groups is 2. The van der Waals surface area contributed by atoms with Gasteiger partial charge in [0.2, 0.25) is 5.91 Å². The standard InChI is InChI=1S/C20H19N3O4S/c1-3-23-18(25)15-6-4-5-7-16(15)22-20(23)28-12-17(24)21-14-10-8-13(9-11-14)19(26)27-2/h4-11H,3,12H2,1-2H3,(H,21,24). The van der Waals surface area contributed by atoms with Gasteiger partial charge in [-0.3, -0.25) is 14.2 Å². The van der Waals surface area contributed by atoms with Crippen LogP contribution in [0.2, 0.25) is 0 Å². The average molecular weight is 397 g/mol. The van der Waals surface area contributed by atoms with Gasteiger partial charge in [0.05, 0.1) is 29.3 Å². The maximum Gasteiger partial charge on any atom is 0.337 e. The molecule has 0 saturated heterocycles. The predicted molar refractivity (Wildman–Crippen MR) is 109 cm³/mol. The number of hydrogen-bond acceptors (Lipinski definition) is 6. The van der Waals surface area contributed by atoms with Crippen LogP contribution >= 0.6 is 11.8 Å². The number of nitrogens with one attached hydrogen (secondary N) is 1. The number of benzene rings is 2. The van der Waals surface area contributed by atoms with Crippen LogP contribution in [0, 0.1) is 0 Å². The Kier molecular flexibility index (Phi) is 6.10. The molecule has 0 atom stereocenters. The van der Waals surface area contributed by atoms with E-state index in [-0.39, 0.29) is 17.2 Å². The summed E-state index contributed by atoms with van der Waals surface area (Å²) in [5.41, 5.74) is 1.47. The normalized spacial score (nSPS) is 10.6.